The van der Waals surface area contributed by atoms with E-state index in [9.17, 15) is 14.4 Å². The van der Waals surface area contributed by atoms with E-state index in [1.54, 1.807) is 0 Å². The summed E-state index contributed by atoms with van der Waals surface area (Å²) in [5.74, 6) is -1.03. The molecule has 6 heteroatoms. The van der Waals surface area contributed by atoms with Gasteiger partial charge in [-0.3, -0.25) is 14.4 Å². The molecule has 0 radical (unpaired) electrons. The molecular weight excluding hydrogens is 769 g/mol. The highest BCUT2D eigenvalue weighted by Gasteiger charge is 2.19. The van der Waals surface area contributed by atoms with Crippen LogP contribution in [-0.4, -0.2) is 37.2 Å². The van der Waals surface area contributed by atoms with Crippen molar-refractivity contribution in [2.75, 3.05) is 13.2 Å². The average Bonchev–Trinajstić information content (AvgIpc) is 3.27. The molecule has 0 aliphatic heterocycles. The number of ether oxygens (including phenoxy) is 3. The van der Waals surface area contributed by atoms with E-state index in [0.29, 0.717) is 19.3 Å². The van der Waals surface area contributed by atoms with Crippen molar-refractivity contribution >= 4 is 17.9 Å². The van der Waals surface area contributed by atoms with Crippen molar-refractivity contribution in [3.8, 4) is 0 Å². The molecule has 0 rings (SSSR count). The van der Waals surface area contributed by atoms with E-state index in [2.05, 4.69) is 63.3 Å². The molecule has 0 aliphatic rings. The van der Waals surface area contributed by atoms with Crippen LogP contribution in [0.25, 0.3) is 0 Å². The Morgan fingerprint density at radius 3 is 1.15 bits per heavy atom. The minimum absolute atomic E-state index is 0.116. The molecule has 0 saturated carbocycles. The Balaban J connectivity index is 4.54. The molecule has 0 amide bonds. The zero-order valence-electron chi connectivity index (χ0n) is 40.1. The summed E-state index contributed by atoms with van der Waals surface area (Å²) in [6.45, 7) is 6.37. The van der Waals surface area contributed by atoms with E-state index in [0.717, 1.165) is 64.2 Å². The number of hydrogen-bond donors (Lipinski definition) is 0. The summed E-state index contributed by atoms with van der Waals surface area (Å²) in [5, 5.41) is 0. The SMILES string of the molecule is CC\C=C/C=C\C=C/C=C\C=C/CCCC(=O)OCC(COC(=O)CCCCC/C=C\C=C/CCCCCCCCC)OC(=O)CCCCCCCCC/C=C\CCCCCC. The fourth-order valence-electron chi connectivity index (χ4n) is 6.63. The maximum Gasteiger partial charge on any atom is 0.306 e. The summed E-state index contributed by atoms with van der Waals surface area (Å²) < 4.78 is 16.7. The molecule has 62 heavy (non-hydrogen) atoms. The van der Waals surface area contributed by atoms with Crippen LogP contribution in [0.2, 0.25) is 0 Å². The molecular formula is C56H92O6. The van der Waals surface area contributed by atoms with Gasteiger partial charge in [0.25, 0.3) is 0 Å². The van der Waals surface area contributed by atoms with Crippen molar-refractivity contribution in [1.82, 2.24) is 0 Å². The second kappa shape index (κ2) is 50.0. The molecule has 0 aliphatic carbocycles. The van der Waals surface area contributed by atoms with Gasteiger partial charge in [-0.25, -0.2) is 0 Å². The third-order valence-electron chi connectivity index (χ3n) is 10.4. The molecule has 0 spiro atoms. The first-order chi connectivity index (χ1) is 30.5. The second-order valence-corrected chi connectivity index (χ2v) is 16.5. The monoisotopic (exact) mass is 861 g/mol. The maximum absolute atomic E-state index is 12.8. The maximum atomic E-state index is 12.8. The minimum atomic E-state index is -0.819. The number of unbranched alkanes of at least 4 members (excludes halogenated alkanes) is 22. The Bertz CT molecular complexity index is 1260. The van der Waals surface area contributed by atoms with Crippen LogP contribution in [0.3, 0.4) is 0 Å². The Morgan fingerprint density at radius 1 is 0.339 bits per heavy atom. The van der Waals surface area contributed by atoms with E-state index in [-0.39, 0.29) is 37.5 Å². The summed E-state index contributed by atoms with van der Waals surface area (Å²) in [6, 6.07) is 0. The van der Waals surface area contributed by atoms with Gasteiger partial charge < -0.3 is 14.2 Å². The summed E-state index contributed by atoms with van der Waals surface area (Å²) in [5.41, 5.74) is 0. The van der Waals surface area contributed by atoms with Gasteiger partial charge in [0.2, 0.25) is 0 Å². The number of carbonyl (C=O) groups is 3. The Morgan fingerprint density at radius 2 is 0.661 bits per heavy atom. The van der Waals surface area contributed by atoms with Gasteiger partial charge in [0.15, 0.2) is 6.10 Å². The number of hydrogen-bond acceptors (Lipinski definition) is 6. The summed E-state index contributed by atoms with van der Waals surface area (Å²) in [7, 11) is 0. The lowest BCUT2D eigenvalue weighted by atomic mass is 10.1. The van der Waals surface area contributed by atoms with Crippen LogP contribution in [-0.2, 0) is 28.6 Å². The van der Waals surface area contributed by atoms with E-state index in [1.807, 2.05) is 54.7 Å². The van der Waals surface area contributed by atoms with Crippen LogP contribution in [0.5, 0.6) is 0 Å². The second-order valence-electron chi connectivity index (χ2n) is 16.5. The molecule has 0 aromatic carbocycles. The molecule has 0 N–H and O–H groups in total. The molecule has 6 nitrogen and oxygen atoms in total. The van der Waals surface area contributed by atoms with Crippen molar-refractivity contribution < 1.29 is 28.6 Å². The lowest BCUT2D eigenvalue weighted by Gasteiger charge is -2.18. The quantitative estimate of drug-likeness (QED) is 0.0200. The fourth-order valence-corrected chi connectivity index (χ4v) is 6.63. The van der Waals surface area contributed by atoms with Gasteiger partial charge in [-0.05, 0) is 83.5 Å². The van der Waals surface area contributed by atoms with Gasteiger partial charge in [0.05, 0.1) is 0 Å². The smallest absolute Gasteiger partial charge is 0.306 e. The van der Waals surface area contributed by atoms with Gasteiger partial charge in [-0.1, -0.05) is 214 Å². The normalized spacial score (nSPS) is 12.9. The molecule has 0 aromatic heterocycles. The van der Waals surface area contributed by atoms with Crippen LogP contribution >= 0.6 is 0 Å². The molecule has 0 fully saturated rings. The number of allylic oxidation sites excluding steroid dienone is 16. The zero-order chi connectivity index (χ0) is 45.1. The minimum Gasteiger partial charge on any atom is -0.462 e. The van der Waals surface area contributed by atoms with E-state index < -0.39 is 6.10 Å². The standard InChI is InChI=1S/C56H92O6/c1-4-7-10-13-16-19-22-25-27-29-31-34-37-40-43-46-49-55(58)61-52-53(51-60-54(57)48-45-42-39-36-33-30-24-21-18-15-12-9-6-3)62-56(59)50-47-44-41-38-35-32-28-26-23-20-17-14-11-8-5-2/h9,12,15,18,20-21,23-24,27,29-31,33-34,36,39,53H,4-8,10-11,13-14,16-17,19,22,25-26,28,32,35,37-38,40-52H2,1-3H3/b12-9-,18-15-,23-20-,24-21-,29-27-,33-30-,34-31-,39-36-. The van der Waals surface area contributed by atoms with Crippen LogP contribution in [0, 0.1) is 0 Å². The van der Waals surface area contributed by atoms with E-state index in [1.165, 1.54) is 109 Å². The van der Waals surface area contributed by atoms with Crippen molar-refractivity contribution in [1.29, 1.82) is 0 Å². The van der Waals surface area contributed by atoms with Gasteiger partial charge >= 0.3 is 17.9 Å². The molecule has 0 aromatic rings. The number of carbonyl (C=O) groups excluding carboxylic acids is 3. The predicted molar refractivity (Wildman–Crippen MR) is 265 cm³/mol. The van der Waals surface area contributed by atoms with Gasteiger partial charge in [0, 0.05) is 19.3 Å². The lowest BCUT2D eigenvalue weighted by Crippen LogP contribution is -2.30. The molecule has 1 atom stereocenters. The van der Waals surface area contributed by atoms with Crippen LogP contribution < -0.4 is 0 Å². The Kier molecular flexibility index (Phi) is 47.0. The highest BCUT2D eigenvalue weighted by atomic mass is 16.6. The largest absolute Gasteiger partial charge is 0.462 e. The van der Waals surface area contributed by atoms with Gasteiger partial charge in [-0.15, -0.1) is 0 Å². The topological polar surface area (TPSA) is 78.9 Å². The average molecular weight is 861 g/mol. The third-order valence-corrected chi connectivity index (χ3v) is 10.4. The third kappa shape index (κ3) is 47.4. The molecule has 0 saturated heterocycles. The van der Waals surface area contributed by atoms with Crippen molar-refractivity contribution in [3.05, 3.63) is 97.2 Å². The Hall–Kier alpha value is -3.67. The van der Waals surface area contributed by atoms with Crippen molar-refractivity contribution in [2.24, 2.45) is 0 Å². The predicted octanol–water partition coefficient (Wildman–Crippen LogP) is 16.6. The first-order valence-electron chi connectivity index (χ1n) is 25.3. The first kappa shape index (κ1) is 58.3. The zero-order valence-corrected chi connectivity index (χ0v) is 40.1. The van der Waals surface area contributed by atoms with Gasteiger partial charge in [0.1, 0.15) is 13.2 Å². The fraction of sp³-hybridized carbons (Fsp3) is 0.661. The summed E-state index contributed by atoms with van der Waals surface area (Å²) in [4.78, 5) is 37.9. The Labute approximate surface area is 381 Å². The van der Waals surface area contributed by atoms with Crippen LogP contribution in [0.1, 0.15) is 220 Å². The lowest BCUT2D eigenvalue weighted by molar-refractivity contribution is -0.167. The molecule has 352 valence electrons. The molecule has 1 unspecified atom stereocenters. The van der Waals surface area contributed by atoms with Crippen molar-refractivity contribution in [3.63, 3.8) is 0 Å². The number of rotatable bonds is 44. The van der Waals surface area contributed by atoms with E-state index in [4.69, 9.17) is 14.2 Å². The molecule has 0 bridgehead atoms. The van der Waals surface area contributed by atoms with Crippen molar-refractivity contribution in [2.45, 2.75) is 226 Å². The molecule has 0 heterocycles. The highest BCUT2D eigenvalue weighted by molar-refractivity contribution is 5.71. The highest BCUT2D eigenvalue weighted by Crippen LogP contribution is 2.13. The summed E-state index contributed by atoms with van der Waals surface area (Å²) in [6.07, 6.45) is 65.4. The van der Waals surface area contributed by atoms with Gasteiger partial charge in [-0.2, -0.15) is 0 Å². The van der Waals surface area contributed by atoms with E-state index >= 15 is 0 Å². The number of esters is 3. The van der Waals surface area contributed by atoms with Crippen LogP contribution in [0.15, 0.2) is 97.2 Å². The summed E-state index contributed by atoms with van der Waals surface area (Å²) >= 11 is 0. The first-order valence-corrected chi connectivity index (χ1v) is 25.3. The van der Waals surface area contributed by atoms with Crippen LogP contribution in [0.4, 0.5) is 0 Å².